The van der Waals surface area contributed by atoms with Crippen LogP contribution in [0.2, 0.25) is 0 Å². The van der Waals surface area contributed by atoms with Gasteiger partial charge in [-0.15, -0.1) is 0 Å². The lowest BCUT2D eigenvalue weighted by Gasteiger charge is -2.19. The number of aliphatic hydroxyl groups is 1. The van der Waals surface area contributed by atoms with Crippen LogP contribution in [0.3, 0.4) is 0 Å². The number of methoxy groups -OCH3 is 1. The van der Waals surface area contributed by atoms with Crippen molar-refractivity contribution in [3.05, 3.63) is 22.5 Å². The summed E-state index contributed by atoms with van der Waals surface area (Å²) in [5.41, 5.74) is 2.20. The Kier molecular flexibility index (Phi) is 6.42. The van der Waals surface area contributed by atoms with Gasteiger partial charge in [-0.1, -0.05) is 13.3 Å². The summed E-state index contributed by atoms with van der Waals surface area (Å²) in [6, 6.07) is 0. The Bertz CT molecular complexity index is 508. The summed E-state index contributed by atoms with van der Waals surface area (Å²) in [7, 11) is 1.33. The smallest absolute Gasteiger partial charge is 0.339 e. The van der Waals surface area contributed by atoms with E-state index >= 15 is 0 Å². The number of carbonyl (C=O) groups excluding carboxylic acids is 2. The number of aromatic amines is 1. The molecule has 0 bridgehead atoms. The first-order valence-electron chi connectivity index (χ1n) is 7.21. The third-order valence-electron chi connectivity index (χ3n) is 3.43. The standard InChI is InChI=1S/C15H24N2O4/c1-5-7-11-12(15(20)21-4)10(3)16-13(11)14(19)17(6-2)8-9-18/h16,18H,5-9H2,1-4H3. The van der Waals surface area contributed by atoms with Gasteiger partial charge in [0.15, 0.2) is 0 Å². The number of esters is 1. The highest BCUT2D eigenvalue weighted by Crippen LogP contribution is 2.23. The van der Waals surface area contributed by atoms with Crippen LogP contribution >= 0.6 is 0 Å². The van der Waals surface area contributed by atoms with Gasteiger partial charge in [0.1, 0.15) is 5.69 Å². The van der Waals surface area contributed by atoms with Gasteiger partial charge in [-0.2, -0.15) is 0 Å². The minimum absolute atomic E-state index is 0.0910. The summed E-state index contributed by atoms with van der Waals surface area (Å²) in [5, 5.41) is 9.04. The van der Waals surface area contributed by atoms with Crippen LogP contribution in [0.1, 0.15) is 52.4 Å². The second-order valence-electron chi connectivity index (χ2n) is 4.83. The Morgan fingerprint density at radius 1 is 1.33 bits per heavy atom. The molecule has 0 radical (unpaired) electrons. The maximum Gasteiger partial charge on any atom is 0.339 e. The zero-order chi connectivity index (χ0) is 16.0. The quantitative estimate of drug-likeness (QED) is 0.747. The first kappa shape index (κ1) is 17.2. The predicted molar refractivity (Wildman–Crippen MR) is 79.5 cm³/mol. The lowest BCUT2D eigenvalue weighted by molar-refractivity contribution is 0.0599. The average Bonchev–Trinajstić information content (AvgIpc) is 2.80. The molecule has 1 rings (SSSR count). The molecule has 6 nitrogen and oxygen atoms in total. The van der Waals surface area contributed by atoms with Gasteiger partial charge >= 0.3 is 5.97 Å². The van der Waals surface area contributed by atoms with E-state index in [1.165, 1.54) is 7.11 Å². The molecule has 21 heavy (non-hydrogen) atoms. The van der Waals surface area contributed by atoms with Gasteiger partial charge in [0, 0.05) is 18.8 Å². The number of hydrogen-bond donors (Lipinski definition) is 2. The highest BCUT2D eigenvalue weighted by atomic mass is 16.5. The number of hydrogen-bond acceptors (Lipinski definition) is 4. The van der Waals surface area contributed by atoms with Crippen LogP contribution in [0.25, 0.3) is 0 Å². The zero-order valence-electron chi connectivity index (χ0n) is 13.2. The van der Waals surface area contributed by atoms with Crippen molar-refractivity contribution < 1.29 is 19.4 Å². The number of carbonyl (C=O) groups is 2. The van der Waals surface area contributed by atoms with E-state index in [2.05, 4.69) is 4.98 Å². The number of nitrogens with zero attached hydrogens (tertiary/aromatic N) is 1. The normalized spacial score (nSPS) is 10.5. The summed E-state index contributed by atoms with van der Waals surface area (Å²) in [6.45, 7) is 6.27. The van der Waals surface area contributed by atoms with Gasteiger partial charge in [0.2, 0.25) is 0 Å². The fourth-order valence-corrected chi connectivity index (χ4v) is 2.42. The summed E-state index contributed by atoms with van der Waals surface area (Å²) in [6.07, 6.45) is 1.43. The Morgan fingerprint density at radius 3 is 2.48 bits per heavy atom. The van der Waals surface area contributed by atoms with Crippen molar-refractivity contribution in [3.63, 3.8) is 0 Å². The molecule has 0 aliphatic heterocycles. The molecule has 0 saturated heterocycles. The van der Waals surface area contributed by atoms with Gasteiger partial charge in [-0.05, 0) is 25.8 Å². The highest BCUT2D eigenvalue weighted by Gasteiger charge is 2.26. The van der Waals surface area contributed by atoms with Crippen LogP contribution in [0.4, 0.5) is 0 Å². The number of H-pyrrole nitrogens is 1. The van der Waals surface area contributed by atoms with Crippen molar-refractivity contribution >= 4 is 11.9 Å². The molecule has 0 saturated carbocycles. The molecule has 0 spiro atoms. The third kappa shape index (κ3) is 3.64. The maximum absolute atomic E-state index is 12.6. The van der Waals surface area contributed by atoms with Crippen LogP contribution in [0.15, 0.2) is 0 Å². The number of ether oxygens (including phenoxy) is 1. The molecule has 0 atom stereocenters. The molecule has 1 aromatic heterocycles. The van der Waals surface area contributed by atoms with Crippen molar-refractivity contribution in [2.75, 3.05) is 26.8 Å². The van der Waals surface area contributed by atoms with E-state index in [1.807, 2.05) is 13.8 Å². The molecular weight excluding hydrogens is 272 g/mol. The fraction of sp³-hybridized carbons (Fsp3) is 0.600. The molecule has 118 valence electrons. The predicted octanol–water partition coefficient (Wildman–Crippen LogP) is 1.52. The summed E-state index contributed by atoms with van der Waals surface area (Å²) >= 11 is 0. The summed E-state index contributed by atoms with van der Waals surface area (Å²) < 4.78 is 4.81. The van der Waals surface area contributed by atoms with Crippen molar-refractivity contribution in [1.82, 2.24) is 9.88 Å². The second-order valence-corrected chi connectivity index (χ2v) is 4.83. The second kappa shape index (κ2) is 7.83. The highest BCUT2D eigenvalue weighted by molar-refractivity contribution is 6.00. The number of nitrogens with one attached hydrogen (secondary N) is 1. The molecule has 0 unspecified atom stereocenters. The Balaban J connectivity index is 3.29. The summed E-state index contributed by atoms with van der Waals surface area (Å²) in [5.74, 6) is -0.635. The lowest BCUT2D eigenvalue weighted by Crippen LogP contribution is -2.34. The Hall–Kier alpha value is -1.82. The van der Waals surface area contributed by atoms with Crippen LogP contribution in [-0.4, -0.2) is 53.7 Å². The Labute approximate surface area is 125 Å². The van der Waals surface area contributed by atoms with E-state index in [4.69, 9.17) is 9.84 Å². The van der Waals surface area contributed by atoms with E-state index in [0.29, 0.717) is 35.5 Å². The van der Waals surface area contributed by atoms with E-state index < -0.39 is 5.97 Å². The molecule has 0 aliphatic carbocycles. The van der Waals surface area contributed by atoms with Crippen LogP contribution in [-0.2, 0) is 11.2 Å². The number of rotatable bonds is 7. The van der Waals surface area contributed by atoms with Gasteiger partial charge in [0.05, 0.1) is 19.3 Å². The molecule has 0 aliphatic rings. The van der Waals surface area contributed by atoms with Crippen molar-refractivity contribution in [2.45, 2.75) is 33.6 Å². The fourth-order valence-electron chi connectivity index (χ4n) is 2.42. The number of aryl methyl sites for hydroxylation is 1. The SMILES string of the molecule is CCCc1c(C(=O)N(CC)CCO)[nH]c(C)c1C(=O)OC. The lowest BCUT2D eigenvalue weighted by atomic mass is 10.0. The third-order valence-corrected chi connectivity index (χ3v) is 3.43. The number of likely N-dealkylation sites (N-methyl/N-ethyl adjacent to an activating group) is 1. The van der Waals surface area contributed by atoms with E-state index in [0.717, 1.165) is 6.42 Å². The zero-order valence-corrected chi connectivity index (χ0v) is 13.2. The molecule has 2 N–H and O–H groups in total. The van der Waals surface area contributed by atoms with Crippen molar-refractivity contribution in [1.29, 1.82) is 0 Å². The maximum atomic E-state index is 12.6. The topological polar surface area (TPSA) is 82.6 Å². The molecule has 6 heteroatoms. The minimum Gasteiger partial charge on any atom is -0.465 e. The number of aromatic nitrogens is 1. The molecule has 1 amide bonds. The van der Waals surface area contributed by atoms with Gasteiger partial charge in [0.25, 0.3) is 5.91 Å². The van der Waals surface area contributed by atoms with E-state index in [9.17, 15) is 9.59 Å². The van der Waals surface area contributed by atoms with Gasteiger partial charge in [-0.25, -0.2) is 4.79 Å². The van der Waals surface area contributed by atoms with Gasteiger partial charge in [-0.3, -0.25) is 4.79 Å². The van der Waals surface area contributed by atoms with E-state index in [1.54, 1.807) is 11.8 Å². The van der Waals surface area contributed by atoms with Crippen molar-refractivity contribution in [3.8, 4) is 0 Å². The Morgan fingerprint density at radius 2 is 2.00 bits per heavy atom. The first-order chi connectivity index (χ1) is 10.0. The average molecular weight is 296 g/mol. The van der Waals surface area contributed by atoms with Crippen LogP contribution < -0.4 is 0 Å². The van der Waals surface area contributed by atoms with Crippen molar-refractivity contribution in [2.24, 2.45) is 0 Å². The first-order valence-corrected chi connectivity index (χ1v) is 7.21. The number of amides is 1. The molecular formula is C15H24N2O4. The molecule has 0 aromatic carbocycles. The summed E-state index contributed by atoms with van der Waals surface area (Å²) in [4.78, 5) is 29.1. The van der Waals surface area contributed by atoms with Gasteiger partial charge < -0.3 is 19.7 Å². The molecule has 1 heterocycles. The molecule has 0 fully saturated rings. The largest absolute Gasteiger partial charge is 0.465 e. The van der Waals surface area contributed by atoms with E-state index in [-0.39, 0.29) is 19.1 Å². The van der Waals surface area contributed by atoms with Crippen LogP contribution in [0.5, 0.6) is 0 Å². The monoisotopic (exact) mass is 296 g/mol. The molecule has 1 aromatic rings. The van der Waals surface area contributed by atoms with Crippen LogP contribution in [0, 0.1) is 6.92 Å². The minimum atomic E-state index is -0.434. The number of aliphatic hydroxyl groups excluding tert-OH is 1.